The van der Waals surface area contributed by atoms with Crippen LogP contribution in [0, 0.1) is 6.92 Å². The summed E-state index contributed by atoms with van der Waals surface area (Å²) in [6.45, 7) is 1.83. The Morgan fingerprint density at radius 1 is 1.50 bits per heavy atom. The highest BCUT2D eigenvalue weighted by atomic mass is 79.9. The number of phenols is 1. The molecule has 0 bridgehead atoms. The highest BCUT2D eigenvalue weighted by Crippen LogP contribution is 2.34. The second kappa shape index (κ2) is 3.13. The summed E-state index contributed by atoms with van der Waals surface area (Å²) < 4.78 is 0.557. The third-order valence-electron chi connectivity index (χ3n) is 2.23. The van der Waals surface area contributed by atoms with Crippen molar-refractivity contribution in [2.24, 2.45) is 0 Å². The molecule has 0 aliphatic rings. The fourth-order valence-electron chi connectivity index (χ4n) is 1.54. The molecule has 4 heteroatoms. The lowest BCUT2D eigenvalue weighted by molar-refractivity contribution is 0.112. The maximum Gasteiger partial charge on any atom is 0.152 e. The molecule has 0 amide bonds. The largest absolute Gasteiger partial charge is 0.507 e. The number of aromatic nitrogens is 1. The Kier molecular flexibility index (Phi) is 2.07. The smallest absolute Gasteiger partial charge is 0.152 e. The fraction of sp³-hybridized carbons (Fsp3) is 0.100. The molecule has 0 aliphatic heterocycles. The first-order chi connectivity index (χ1) is 6.65. The third-order valence-corrected chi connectivity index (χ3v) is 3.04. The quantitative estimate of drug-likeness (QED) is 0.769. The number of rotatable bonds is 1. The van der Waals surface area contributed by atoms with Gasteiger partial charge in [-0.1, -0.05) is 0 Å². The van der Waals surface area contributed by atoms with Gasteiger partial charge in [0.25, 0.3) is 0 Å². The Morgan fingerprint density at radius 2 is 2.21 bits per heavy atom. The molecule has 0 fully saturated rings. The van der Waals surface area contributed by atoms with Gasteiger partial charge in [0.05, 0.1) is 4.47 Å². The lowest BCUT2D eigenvalue weighted by Gasteiger charge is -1.98. The Morgan fingerprint density at radius 3 is 2.86 bits per heavy atom. The summed E-state index contributed by atoms with van der Waals surface area (Å²) in [4.78, 5) is 13.9. The Hall–Kier alpha value is -1.29. The van der Waals surface area contributed by atoms with Gasteiger partial charge in [-0.05, 0) is 35.0 Å². The Bertz CT molecular complexity index is 516. The molecule has 0 radical (unpaired) electrons. The molecule has 0 unspecified atom stereocenters. The number of phenolic OH excluding ortho intramolecular Hbond substituents is 1. The first kappa shape index (κ1) is 9.27. The van der Waals surface area contributed by atoms with Gasteiger partial charge in [-0.25, -0.2) is 0 Å². The number of hydrogen-bond acceptors (Lipinski definition) is 2. The van der Waals surface area contributed by atoms with Crippen molar-refractivity contribution in [2.75, 3.05) is 0 Å². The van der Waals surface area contributed by atoms with Crippen molar-refractivity contribution in [2.45, 2.75) is 6.92 Å². The van der Waals surface area contributed by atoms with E-state index in [0.29, 0.717) is 10.0 Å². The summed E-state index contributed by atoms with van der Waals surface area (Å²) >= 11 is 3.26. The predicted octanol–water partition coefficient (Wildman–Crippen LogP) is 2.76. The number of aromatic hydroxyl groups is 1. The number of aldehydes is 1. The minimum Gasteiger partial charge on any atom is -0.507 e. The number of fused-ring (bicyclic) bond motifs is 1. The highest BCUT2D eigenvalue weighted by Gasteiger charge is 2.12. The van der Waals surface area contributed by atoms with Gasteiger partial charge < -0.3 is 10.1 Å². The van der Waals surface area contributed by atoms with Gasteiger partial charge in [0, 0.05) is 22.2 Å². The minimum atomic E-state index is 0.139. The Balaban J connectivity index is 2.97. The summed E-state index contributed by atoms with van der Waals surface area (Å²) in [6.07, 6.45) is 0.790. The van der Waals surface area contributed by atoms with Crippen LogP contribution in [0.25, 0.3) is 10.9 Å². The van der Waals surface area contributed by atoms with Crippen LogP contribution >= 0.6 is 15.9 Å². The zero-order valence-electron chi connectivity index (χ0n) is 7.47. The van der Waals surface area contributed by atoms with Crippen LogP contribution in [0.1, 0.15) is 16.1 Å². The van der Waals surface area contributed by atoms with Crippen LogP contribution in [-0.4, -0.2) is 16.4 Å². The van der Waals surface area contributed by atoms with Gasteiger partial charge in [-0.15, -0.1) is 0 Å². The van der Waals surface area contributed by atoms with E-state index in [-0.39, 0.29) is 5.75 Å². The second-order valence-corrected chi connectivity index (χ2v) is 3.90. The maximum atomic E-state index is 10.8. The first-order valence-corrected chi connectivity index (χ1v) is 4.89. The molecule has 2 aromatic rings. The zero-order valence-corrected chi connectivity index (χ0v) is 9.05. The third kappa shape index (κ3) is 1.14. The molecule has 0 aliphatic carbocycles. The molecule has 0 saturated heterocycles. The molecular formula is C10H8BrNO2. The van der Waals surface area contributed by atoms with Crippen molar-refractivity contribution < 1.29 is 9.90 Å². The first-order valence-electron chi connectivity index (χ1n) is 4.10. The van der Waals surface area contributed by atoms with E-state index in [1.165, 1.54) is 0 Å². The molecule has 0 atom stereocenters. The van der Waals surface area contributed by atoms with Crippen molar-refractivity contribution in [3.63, 3.8) is 0 Å². The molecule has 3 nitrogen and oxygen atoms in total. The van der Waals surface area contributed by atoms with Gasteiger partial charge in [0.15, 0.2) is 6.29 Å². The topological polar surface area (TPSA) is 53.1 Å². The van der Waals surface area contributed by atoms with Crippen LogP contribution in [0.5, 0.6) is 5.75 Å². The van der Waals surface area contributed by atoms with Crippen LogP contribution in [0.15, 0.2) is 16.6 Å². The summed E-state index contributed by atoms with van der Waals surface area (Å²) in [5.74, 6) is 0.139. The summed E-state index contributed by atoms with van der Waals surface area (Å²) in [7, 11) is 0. The Labute approximate surface area is 88.9 Å². The van der Waals surface area contributed by atoms with E-state index in [9.17, 15) is 9.90 Å². The minimum absolute atomic E-state index is 0.139. The molecule has 2 N–H and O–H groups in total. The van der Waals surface area contributed by atoms with Crippen LogP contribution < -0.4 is 0 Å². The molecule has 2 rings (SSSR count). The average Bonchev–Trinajstić information content (AvgIpc) is 2.48. The van der Waals surface area contributed by atoms with Gasteiger partial charge in [-0.2, -0.15) is 0 Å². The number of aryl methyl sites for hydroxylation is 1. The van der Waals surface area contributed by atoms with Gasteiger partial charge >= 0.3 is 0 Å². The van der Waals surface area contributed by atoms with E-state index in [1.807, 2.05) is 6.92 Å². The van der Waals surface area contributed by atoms with E-state index < -0.39 is 0 Å². The van der Waals surface area contributed by atoms with Gasteiger partial charge in [0.2, 0.25) is 0 Å². The van der Waals surface area contributed by atoms with Crippen molar-refractivity contribution >= 4 is 33.1 Å². The van der Waals surface area contributed by atoms with Gasteiger partial charge in [0.1, 0.15) is 5.75 Å². The van der Waals surface area contributed by atoms with E-state index in [1.54, 1.807) is 12.1 Å². The van der Waals surface area contributed by atoms with E-state index in [4.69, 9.17) is 0 Å². The molecule has 1 heterocycles. The number of hydrogen-bond donors (Lipinski definition) is 2. The summed E-state index contributed by atoms with van der Waals surface area (Å²) in [6, 6.07) is 3.33. The monoisotopic (exact) mass is 253 g/mol. The summed E-state index contributed by atoms with van der Waals surface area (Å²) in [5.41, 5.74) is 2.23. The number of nitrogens with one attached hydrogen (secondary N) is 1. The lowest BCUT2D eigenvalue weighted by atomic mass is 10.1. The fourth-order valence-corrected chi connectivity index (χ4v) is 2.10. The van der Waals surface area contributed by atoms with E-state index in [2.05, 4.69) is 20.9 Å². The molecule has 0 spiro atoms. The standard InChI is InChI=1S/C10H8BrNO2/c1-5-6(4-13)9-7(12-5)2-3-8(14)10(9)11/h2-4,12,14H,1H3. The molecule has 0 saturated carbocycles. The van der Waals surface area contributed by atoms with Gasteiger partial charge in [-0.3, -0.25) is 4.79 Å². The molecule has 1 aromatic heterocycles. The van der Waals surface area contributed by atoms with Crippen LogP contribution in [0.3, 0.4) is 0 Å². The molecular weight excluding hydrogens is 246 g/mol. The number of aromatic amines is 1. The van der Waals surface area contributed by atoms with Crippen LogP contribution in [0.4, 0.5) is 0 Å². The lowest BCUT2D eigenvalue weighted by Crippen LogP contribution is -1.81. The zero-order chi connectivity index (χ0) is 10.3. The van der Waals surface area contributed by atoms with E-state index in [0.717, 1.165) is 22.9 Å². The van der Waals surface area contributed by atoms with Crippen molar-refractivity contribution in [1.82, 2.24) is 4.98 Å². The molecule has 14 heavy (non-hydrogen) atoms. The molecule has 1 aromatic carbocycles. The SMILES string of the molecule is Cc1[nH]c2ccc(O)c(Br)c2c1C=O. The number of benzene rings is 1. The average molecular weight is 254 g/mol. The predicted molar refractivity (Wildman–Crippen MR) is 57.8 cm³/mol. The number of carbonyl (C=O) groups is 1. The van der Waals surface area contributed by atoms with Crippen LogP contribution in [0.2, 0.25) is 0 Å². The summed E-state index contributed by atoms with van der Waals surface area (Å²) in [5, 5.41) is 10.2. The number of halogens is 1. The maximum absolute atomic E-state index is 10.8. The number of carbonyl (C=O) groups excluding carboxylic acids is 1. The second-order valence-electron chi connectivity index (χ2n) is 3.10. The molecule has 72 valence electrons. The van der Waals surface area contributed by atoms with E-state index >= 15 is 0 Å². The normalized spacial score (nSPS) is 10.7. The van der Waals surface area contributed by atoms with Crippen molar-refractivity contribution in [3.05, 3.63) is 27.9 Å². The number of H-pyrrole nitrogens is 1. The van der Waals surface area contributed by atoms with Crippen LogP contribution in [-0.2, 0) is 0 Å². The highest BCUT2D eigenvalue weighted by molar-refractivity contribution is 9.10. The van der Waals surface area contributed by atoms with Crippen molar-refractivity contribution in [1.29, 1.82) is 0 Å². The van der Waals surface area contributed by atoms with Crippen molar-refractivity contribution in [3.8, 4) is 5.75 Å².